The van der Waals surface area contributed by atoms with Gasteiger partial charge in [-0.25, -0.2) is 5.43 Å². The number of ether oxygens (including phenoxy) is 2. The van der Waals surface area contributed by atoms with Gasteiger partial charge in [-0.1, -0.05) is 22.3 Å². The normalized spacial score (nSPS) is 17.3. The van der Waals surface area contributed by atoms with Crippen LogP contribution in [-0.4, -0.2) is 105 Å². The number of carbonyl (C=O) groups is 6. The van der Waals surface area contributed by atoms with Gasteiger partial charge in [-0.15, -0.1) is 0 Å². The lowest BCUT2D eigenvalue weighted by Gasteiger charge is -2.12. The molecule has 6 unspecified atom stereocenters. The van der Waals surface area contributed by atoms with Gasteiger partial charge in [-0.05, 0) is 27.7 Å². The number of Topliss-reactive ketones (excluding diaryl/α,β-unsaturated/α-hetero) is 3. The lowest BCUT2D eigenvalue weighted by atomic mass is 9.90. The summed E-state index contributed by atoms with van der Waals surface area (Å²) in [7, 11) is 9.73. The van der Waals surface area contributed by atoms with E-state index in [9.17, 15) is 28.8 Å². The van der Waals surface area contributed by atoms with Gasteiger partial charge in [0.15, 0.2) is 7.85 Å². The Morgan fingerprint density at radius 3 is 1.74 bits per heavy atom. The number of aliphatic hydroxyl groups is 1. The maximum Gasteiger partial charge on any atom is 0.309 e. The van der Waals surface area contributed by atoms with E-state index in [0.29, 0.717) is 6.61 Å². The third-order valence-corrected chi connectivity index (χ3v) is 4.18. The summed E-state index contributed by atoms with van der Waals surface area (Å²) in [6.45, 7) is 7.91. The molecule has 1 rings (SSSR count). The zero-order valence-corrected chi connectivity index (χ0v) is 23.7. The summed E-state index contributed by atoms with van der Waals surface area (Å²) in [6.07, 6.45) is 1.50. The summed E-state index contributed by atoms with van der Waals surface area (Å²) in [5.74, 6) is -0.725. The maximum atomic E-state index is 10.6. The highest BCUT2D eigenvalue weighted by atomic mass is 16.7. The van der Waals surface area contributed by atoms with E-state index in [1.165, 1.54) is 33.9 Å². The van der Waals surface area contributed by atoms with Crippen LogP contribution in [0.1, 0.15) is 82.6 Å². The van der Waals surface area contributed by atoms with Crippen LogP contribution < -0.4 is 28.4 Å². The molecule has 17 heteroatoms. The number of hydrogen-bond acceptors (Lipinski definition) is 14. The molecule has 15 nitrogen and oxygen atoms in total. The van der Waals surface area contributed by atoms with E-state index in [2.05, 4.69) is 10.5 Å². The molecule has 0 bridgehead atoms. The van der Waals surface area contributed by atoms with Gasteiger partial charge in [0.1, 0.15) is 25.2 Å². The topological polar surface area (TPSA) is 270 Å². The fourth-order valence-corrected chi connectivity index (χ4v) is 2.35. The highest BCUT2D eigenvalue weighted by Crippen LogP contribution is 2.13. The largest absolute Gasteiger partial charge is 0.434 e. The summed E-state index contributed by atoms with van der Waals surface area (Å²) < 4.78 is 9.75. The standard InChI is InChI=1S/C7H13N3O2.C6H11NO3.C5H10BNO2.C5H8BNO2.3CH4/c1-5(11)3-7(8)4-9-10-6(2)12;1-2-9-6-4(7)3-5(8)10-6;2*1-3(8)2-4(7)5(6)9;;;/h4,7H,3,8H2,1-2H3,(H,10,12);4,6H,2-3,7H2,1H3;4-5,9H,2,7H2,1H3;4H,2,7H2,1H3;3*1H4/b9-4+;;;;;;. The SMILES string of the molecule is C.C.C.CC(=O)CC(N)/C=N/NC(C)=O.CCOC1OC(=O)CC1N.[B]C(=O)C(N)CC(C)=O.[B]C(O)C(N)CC(C)=O. The van der Waals surface area contributed by atoms with Crippen LogP contribution >= 0.6 is 0 Å². The van der Waals surface area contributed by atoms with Gasteiger partial charge in [0.2, 0.25) is 12.2 Å². The number of ketones is 3. The van der Waals surface area contributed by atoms with Crippen LogP contribution in [0, 0.1) is 0 Å². The predicted octanol–water partition coefficient (Wildman–Crippen LogP) is -1.29. The molecular weight excluding hydrogens is 562 g/mol. The highest BCUT2D eigenvalue weighted by molar-refractivity contribution is 6.59. The maximum absolute atomic E-state index is 10.6. The highest BCUT2D eigenvalue weighted by Gasteiger charge is 2.32. The average Bonchev–Trinajstić information content (AvgIpc) is 3.10. The number of aliphatic hydroxyl groups excluding tert-OH is 1. The molecule has 10 N–H and O–H groups in total. The first-order chi connectivity index (χ1) is 18.3. The van der Waals surface area contributed by atoms with Gasteiger partial charge in [0.25, 0.3) is 0 Å². The average molecular weight is 616 g/mol. The van der Waals surface area contributed by atoms with Crippen LogP contribution in [0.25, 0.3) is 0 Å². The van der Waals surface area contributed by atoms with Gasteiger partial charge >= 0.3 is 5.97 Å². The molecule has 0 saturated carbocycles. The molecular formula is C26H54B2N6O9. The first-order valence-electron chi connectivity index (χ1n) is 12.2. The first-order valence-corrected chi connectivity index (χ1v) is 12.2. The second-order valence-electron chi connectivity index (χ2n) is 8.67. The number of amides is 1. The number of hydrogen-bond donors (Lipinski definition) is 6. The third-order valence-electron chi connectivity index (χ3n) is 4.18. The molecule has 4 radical (unpaired) electrons. The van der Waals surface area contributed by atoms with Crippen molar-refractivity contribution in [3.63, 3.8) is 0 Å². The second-order valence-corrected chi connectivity index (χ2v) is 8.67. The fraction of sp³-hybridized carbons (Fsp3) is 0.731. The predicted molar refractivity (Wildman–Crippen MR) is 169 cm³/mol. The van der Waals surface area contributed by atoms with Crippen LogP contribution in [0.15, 0.2) is 5.10 Å². The van der Waals surface area contributed by atoms with Crippen LogP contribution in [0.5, 0.6) is 0 Å². The number of cyclic esters (lactones) is 1. The van der Waals surface area contributed by atoms with E-state index >= 15 is 0 Å². The summed E-state index contributed by atoms with van der Waals surface area (Å²) in [5, 5.41) is 12.1. The van der Waals surface area contributed by atoms with Crippen molar-refractivity contribution in [2.45, 2.75) is 119 Å². The Morgan fingerprint density at radius 1 is 1.02 bits per heavy atom. The zero-order valence-electron chi connectivity index (χ0n) is 23.7. The molecule has 0 aromatic rings. The number of nitrogens with two attached hydrogens (primary N) is 4. The fourth-order valence-electron chi connectivity index (χ4n) is 2.35. The van der Waals surface area contributed by atoms with Gasteiger partial charge in [0, 0.05) is 57.1 Å². The first kappa shape index (κ1) is 52.8. The van der Waals surface area contributed by atoms with Crippen molar-refractivity contribution in [2.75, 3.05) is 6.61 Å². The van der Waals surface area contributed by atoms with Crippen LogP contribution in [0.3, 0.4) is 0 Å². The Hall–Kier alpha value is -2.82. The minimum atomic E-state index is -1.09. The number of nitrogens with one attached hydrogen (secondary N) is 1. The van der Waals surface area contributed by atoms with Crippen LogP contribution in [0.2, 0.25) is 0 Å². The Bertz CT molecular complexity index is 848. The smallest absolute Gasteiger partial charge is 0.309 e. The minimum Gasteiger partial charge on any atom is -0.434 e. The van der Waals surface area contributed by atoms with Crippen molar-refractivity contribution in [3.8, 4) is 0 Å². The van der Waals surface area contributed by atoms with Crippen molar-refractivity contribution in [1.29, 1.82) is 0 Å². The molecule has 43 heavy (non-hydrogen) atoms. The third kappa shape index (κ3) is 37.2. The quantitative estimate of drug-likeness (QED) is 0.0646. The van der Waals surface area contributed by atoms with Crippen LogP contribution in [0.4, 0.5) is 0 Å². The number of nitrogens with zero attached hydrogens (tertiary/aromatic N) is 1. The lowest BCUT2D eigenvalue weighted by molar-refractivity contribution is -0.162. The molecule has 0 aliphatic carbocycles. The van der Waals surface area contributed by atoms with Gasteiger partial charge in [-0.3, -0.25) is 24.0 Å². The molecule has 1 heterocycles. The molecule has 6 atom stereocenters. The minimum absolute atomic E-state index is 0. The van der Waals surface area contributed by atoms with Crippen molar-refractivity contribution < 1.29 is 43.3 Å². The molecule has 0 spiro atoms. The Balaban J connectivity index is -0.000000104. The molecule has 0 aromatic carbocycles. The molecule has 248 valence electrons. The van der Waals surface area contributed by atoms with Crippen molar-refractivity contribution in [3.05, 3.63) is 0 Å². The number of carbonyl (C=O) groups excluding carboxylic acids is 6. The lowest BCUT2D eigenvalue weighted by Crippen LogP contribution is -2.36. The number of rotatable bonds is 12. The Labute approximate surface area is 259 Å². The summed E-state index contributed by atoms with van der Waals surface area (Å²) >= 11 is 0. The van der Waals surface area contributed by atoms with Crippen LogP contribution in [-0.2, 0) is 38.2 Å². The van der Waals surface area contributed by atoms with E-state index < -0.39 is 36.1 Å². The number of hydrazone groups is 1. The van der Waals surface area contributed by atoms with Crippen molar-refractivity contribution in [1.82, 2.24) is 5.43 Å². The summed E-state index contributed by atoms with van der Waals surface area (Å²) in [4.78, 5) is 62.2. The van der Waals surface area contributed by atoms with E-state index in [0.717, 1.165) is 0 Å². The zero-order chi connectivity index (χ0) is 32.0. The molecule has 1 aliphatic rings. The van der Waals surface area contributed by atoms with Gasteiger partial charge in [0.05, 0.1) is 24.2 Å². The van der Waals surface area contributed by atoms with Gasteiger partial charge < -0.3 is 42.3 Å². The van der Waals surface area contributed by atoms with E-state index in [1.807, 2.05) is 6.92 Å². The summed E-state index contributed by atoms with van der Waals surface area (Å²) in [5.41, 5.74) is 22.8. The Kier molecular flexibility index (Phi) is 37.6. The van der Waals surface area contributed by atoms with E-state index in [-0.39, 0.29) is 83.2 Å². The van der Waals surface area contributed by atoms with E-state index in [4.69, 9.17) is 53.2 Å². The molecule has 1 saturated heterocycles. The number of esters is 1. The molecule has 0 aromatic heterocycles. The molecule has 1 fully saturated rings. The second kappa shape index (κ2) is 30.6. The molecule has 1 amide bonds. The van der Waals surface area contributed by atoms with Crippen molar-refractivity contribution in [2.24, 2.45) is 28.0 Å². The Morgan fingerprint density at radius 2 is 1.49 bits per heavy atom. The monoisotopic (exact) mass is 616 g/mol. The molecule has 1 aliphatic heterocycles. The van der Waals surface area contributed by atoms with E-state index in [1.54, 1.807) is 0 Å². The van der Waals surface area contributed by atoms with Crippen molar-refractivity contribution >= 4 is 56.8 Å². The van der Waals surface area contributed by atoms with Gasteiger partial charge in [-0.2, -0.15) is 5.10 Å². The summed E-state index contributed by atoms with van der Waals surface area (Å²) in [6, 6.07) is -3.24.